The molecule has 4 heteroatoms. The highest BCUT2D eigenvalue weighted by atomic mass is 32.2. The molecule has 0 fully saturated rings. The summed E-state index contributed by atoms with van der Waals surface area (Å²) in [5.41, 5.74) is 1.30. The topological polar surface area (TPSA) is 38.9 Å². The zero-order chi connectivity index (χ0) is 12.1. The van der Waals surface area contributed by atoms with Crippen molar-refractivity contribution in [2.45, 2.75) is 31.4 Å². The Balaban J connectivity index is 2.00. The second-order valence-electron chi connectivity index (χ2n) is 3.91. The molecule has 0 saturated heterocycles. The van der Waals surface area contributed by atoms with Crippen molar-refractivity contribution in [1.29, 1.82) is 0 Å². The van der Waals surface area contributed by atoms with Gasteiger partial charge in [-0.3, -0.25) is 0 Å². The number of aromatic nitrogens is 2. The molecule has 0 radical (unpaired) electrons. The fourth-order valence-corrected chi connectivity index (χ4v) is 2.16. The minimum absolute atomic E-state index is 0.399. The van der Waals surface area contributed by atoms with E-state index in [2.05, 4.69) is 48.3 Å². The second kappa shape index (κ2) is 5.87. The van der Waals surface area contributed by atoms with E-state index in [1.54, 1.807) is 11.8 Å². The van der Waals surface area contributed by atoms with E-state index < -0.39 is 0 Å². The lowest BCUT2D eigenvalue weighted by Crippen LogP contribution is -1.98. The van der Waals surface area contributed by atoms with Gasteiger partial charge in [-0.2, -0.15) is 0 Å². The van der Waals surface area contributed by atoms with Gasteiger partial charge < -0.3 is 4.42 Å². The molecule has 0 aliphatic heterocycles. The van der Waals surface area contributed by atoms with Crippen molar-refractivity contribution in [2.24, 2.45) is 0 Å². The molecule has 17 heavy (non-hydrogen) atoms. The van der Waals surface area contributed by atoms with Gasteiger partial charge in [0, 0.05) is 6.42 Å². The Kier molecular flexibility index (Phi) is 4.20. The van der Waals surface area contributed by atoms with E-state index in [1.807, 2.05) is 6.07 Å². The Morgan fingerprint density at radius 1 is 1.24 bits per heavy atom. The van der Waals surface area contributed by atoms with Gasteiger partial charge in [-0.15, -0.1) is 10.2 Å². The monoisotopic (exact) mass is 248 g/mol. The molecule has 0 aliphatic rings. The molecule has 0 N–H and O–H groups in total. The quantitative estimate of drug-likeness (QED) is 0.759. The molecule has 1 aromatic heterocycles. The van der Waals surface area contributed by atoms with Crippen LogP contribution in [0.2, 0.25) is 0 Å². The van der Waals surface area contributed by atoms with E-state index in [1.165, 1.54) is 5.56 Å². The van der Waals surface area contributed by atoms with Gasteiger partial charge in [0.2, 0.25) is 5.89 Å². The van der Waals surface area contributed by atoms with E-state index in [9.17, 15) is 0 Å². The van der Waals surface area contributed by atoms with Crippen LogP contribution < -0.4 is 0 Å². The van der Waals surface area contributed by atoms with Crippen LogP contribution in [-0.2, 0) is 6.42 Å². The first-order valence-electron chi connectivity index (χ1n) is 5.79. The zero-order valence-electron chi connectivity index (χ0n) is 10.1. The third kappa shape index (κ3) is 3.33. The van der Waals surface area contributed by atoms with Crippen LogP contribution >= 0.6 is 11.8 Å². The van der Waals surface area contributed by atoms with Crippen molar-refractivity contribution >= 4 is 11.8 Å². The van der Waals surface area contributed by atoms with Crippen LogP contribution in [0.5, 0.6) is 0 Å². The fraction of sp³-hybridized carbons (Fsp3) is 0.385. The van der Waals surface area contributed by atoms with E-state index in [-0.39, 0.29) is 0 Å². The van der Waals surface area contributed by atoms with Crippen LogP contribution in [0.4, 0.5) is 0 Å². The summed E-state index contributed by atoms with van der Waals surface area (Å²) in [5, 5.41) is 8.73. The minimum atomic E-state index is 0.399. The molecule has 0 spiro atoms. The molecule has 3 nitrogen and oxygen atoms in total. The van der Waals surface area contributed by atoms with Crippen LogP contribution in [0.3, 0.4) is 0 Å². The van der Waals surface area contributed by atoms with Crippen LogP contribution in [0.1, 0.15) is 31.2 Å². The maximum atomic E-state index is 5.56. The molecule has 0 bridgehead atoms. The third-order valence-corrected chi connectivity index (χ3v) is 3.27. The van der Waals surface area contributed by atoms with Crippen LogP contribution in [0.25, 0.3) is 0 Å². The number of thioether (sulfide) groups is 1. The summed E-state index contributed by atoms with van der Waals surface area (Å²) in [7, 11) is 0. The summed E-state index contributed by atoms with van der Waals surface area (Å²) in [5.74, 6) is 2.07. The molecule has 1 unspecified atom stereocenters. The summed E-state index contributed by atoms with van der Waals surface area (Å²) in [6.07, 6.45) is 0.793. The molecular formula is C13H16N2OS. The summed E-state index contributed by atoms with van der Waals surface area (Å²) < 4.78 is 5.56. The largest absolute Gasteiger partial charge is 0.416 e. The van der Waals surface area contributed by atoms with Crippen molar-refractivity contribution in [3.63, 3.8) is 0 Å². The Hall–Kier alpha value is -1.29. The van der Waals surface area contributed by atoms with Crippen molar-refractivity contribution in [2.75, 3.05) is 5.75 Å². The van der Waals surface area contributed by atoms with Gasteiger partial charge in [0.05, 0.1) is 0 Å². The van der Waals surface area contributed by atoms with Crippen molar-refractivity contribution in [3.05, 3.63) is 41.8 Å². The Morgan fingerprint density at radius 3 is 2.71 bits per heavy atom. The molecule has 0 aliphatic carbocycles. The molecule has 90 valence electrons. The van der Waals surface area contributed by atoms with Gasteiger partial charge in [0.25, 0.3) is 5.22 Å². The van der Waals surface area contributed by atoms with Gasteiger partial charge in [0.15, 0.2) is 0 Å². The molecule has 0 saturated carbocycles. The molecule has 2 rings (SSSR count). The Labute approximate surface area is 106 Å². The summed E-state index contributed by atoms with van der Waals surface area (Å²) in [4.78, 5) is 0. The van der Waals surface area contributed by atoms with E-state index >= 15 is 0 Å². The predicted octanol–water partition coefficient (Wildman–Crippen LogP) is 3.53. The molecule has 0 amide bonds. The summed E-state index contributed by atoms with van der Waals surface area (Å²) >= 11 is 1.58. The SMILES string of the molecule is CCSc1nnc(CC(C)c2ccccc2)o1. The van der Waals surface area contributed by atoms with Crippen LogP contribution in [0, 0.1) is 0 Å². The van der Waals surface area contributed by atoms with E-state index in [0.29, 0.717) is 11.1 Å². The van der Waals surface area contributed by atoms with Gasteiger partial charge in [-0.1, -0.05) is 55.9 Å². The molecule has 1 heterocycles. The van der Waals surface area contributed by atoms with Crippen molar-refractivity contribution in [1.82, 2.24) is 10.2 Å². The molecule has 2 aromatic rings. The average molecular weight is 248 g/mol. The number of hydrogen-bond donors (Lipinski definition) is 0. The highest BCUT2D eigenvalue weighted by Crippen LogP contribution is 2.21. The van der Waals surface area contributed by atoms with E-state index in [4.69, 9.17) is 4.42 Å². The van der Waals surface area contributed by atoms with Crippen molar-refractivity contribution < 1.29 is 4.42 Å². The smallest absolute Gasteiger partial charge is 0.276 e. The van der Waals surface area contributed by atoms with Gasteiger partial charge in [-0.25, -0.2) is 0 Å². The second-order valence-corrected chi connectivity index (χ2v) is 5.13. The molecule has 1 aromatic carbocycles. The normalized spacial score (nSPS) is 12.6. The highest BCUT2D eigenvalue weighted by molar-refractivity contribution is 7.99. The van der Waals surface area contributed by atoms with Crippen molar-refractivity contribution in [3.8, 4) is 0 Å². The lowest BCUT2D eigenvalue weighted by Gasteiger charge is -2.08. The standard InChI is InChI=1S/C13H16N2OS/c1-3-17-13-15-14-12(16-13)9-10(2)11-7-5-4-6-8-11/h4-8,10H,3,9H2,1-2H3. The summed E-state index contributed by atoms with van der Waals surface area (Å²) in [6, 6.07) is 10.4. The third-order valence-electron chi connectivity index (χ3n) is 2.57. The highest BCUT2D eigenvalue weighted by Gasteiger charge is 2.11. The molecular weight excluding hydrogens is 232 g/mol. The van der Waals surface area contributed by atoms with Gasteiger partial charge in [0.1, 0.15) is 0 Å². The van der Waals surface area contributed by atoms with Crippen LogP contribution in [0.15, 0.2) is 40.0 Å². The number of nitrogens with zero attached hydrogens (tertiary/aromatic N) is 2. The maximum absolute atomic E-state index is 5.56. The molecule has 1 atom stereocenters. The predicted molar refractivity (Wildman–Crippen MR) is 69.3 cm³/mol. The summed E-state index contributed by atoms with van der Waals surface area (Å²) in [6.45, 7) is 4.24. The zero-order valence-corrected chi connectivity index (χ0v) is 10.9. The lowest BCUT2D eigenvalue weighted by molar-refractivity contribution is 0.405. The Morgan fingerprint density at radius 2 is 2.00 bits per heavy atom. The van der Waals surface area contributed by atoms with Gasteiger partial charge >= 0.3 is 0 Å². The number of rotatable bonds is 5. The first-order valence-corrected chi connectivity index (χ1v) is 6.78. The number of hydrogen-bond acceptors (Lipinski definition) is 4. The maximum Gasteiger partial charge on any atom is 0.276 e. The van der Waals surface area contributed by atoms with E-state index in [0.717, 1.165) is 18.1 Å². The minimum Gasteiger partial charge on any atom is -0.416 e. The van der Waals surface area contributed by atoms with Crippen LogP contribution in [-0.4, -0.2) is 16.0 Å². The van der Waals surface area contributed by atoms with Gasteiger partial charge in [-0.05, 0) is 17.2 Å². The average Bonchev–Trinajstić information content (AvgIpc) is 2.78. The lowest BCUT2D eigenvalue weighted by atomic mass is 9.98. The first-order chi connectivity index (χ1) is 8.29. The first kappa shape index (κ1) is 12.2. The number of benzene rings is 1. The Bertz CT molecular complexity index is 455. The fourth-order valence-electron chi connectivity index (χ4n) is 1.66.